The minimum atomic E-state index is -2.74. The van der Waals surface area contributed by atoms with Crippen LogP contribution in [0.25, 0.3) is 0 Å². The molecular formula is C23H19ClF2N4O2. The van der Waals surface area contributed by atoms with Gasteiger partial charge in [0, 0.05) is 59.1 Å². The van der Waals surface area contributed by atoms with Crippen LogP contribution < -0.4 is 4.90 Å². The number of hydrogen-bond acceptors (Lipinski definition) is 4. The minimum absolute atomic E-state index is 0.252. The SMILES string of the molecule is Cn1cnnc1CC1(c2cccc(N3Cc4c(Cl)cc(C=O)cc4C3=O)c2)CC(F)(F)C1. The van der Waals surface area contributed by atoms with Gasteiger partial charge in [-0.2, -0.15) is 0 Å². The zero-order chi connectivity index (χ0) is 22.7. The molecule has 0 N–H and O–H groups in total. The molecule has 0 bridgehead atoms. The lowest BCUT2D eigenvalue weighted by molar-refractivity contribution is -0.127. The first-order chi connectivity index (χ1) is 15.2. The Balaban J connectivity index is 1.50. The van der Waals surface area contributed by atoms with Crippen molar-refractivity contribution >= 4 is 29.5 Å². The molecule has 32 heavy (non-hydrogen) atoms. The van der Waals surface area contributed by atoms with Crippen LogP contribution >= 0.6 is 11.6 Å². The third kappa shape index (κ3) is 3.30. The number of nitrogens with zero attached hydrogens (tertiary/aromatic N) is 4. The number of rotatable bonds is 5. The highest BCUT2D eigenvalue weighted by atomic mass is 35.5. The Hall–Kier alpha value is -3.13. The standard InChI is InChI=1S/C23H19ClF2N4O2/c1-29-13-27-28-20(29)8-22(11-23(25,26)12-22)15-3-2-4-16(7-15)30-9-18-17(21(30)32)5-14(10-31)6-19(18)24/h2-7,10,13H,8-9,11-12H2,1H3. The number of hydrogen-bond donors (Lipinski definition) is 0. The second-order valence-electron chi connectivity index (χ2n) is 8.61. The summed E-state index contributed by atoms with van der Waals surface area (Å²) >= 11 is 6.30. The average Bonchev–Trinajstić information content (AvgIpc) is 3.30. The monoisotopic (exact) mass is 456 g/mol. The van der Waals surface area contributed by atoms with E-state index >= 15 is 0 Å². The second-order valence-corrected chi connectivity index (χ2v) is 9.02. The van der Waals surface area contributed by atoms with Crippen LogP contribution in [-0.2, 0) is 25.4 Å². The van der Waals surface area contributed by atoms with E-state index in [1.54, 1.807) is 41.0 Å². The molecule has 1 aromatic heterocycles. The fourth-order valence-corrected chi connectivity index (χ4v) is 5.09. The van der Waals surface area contributed by atoms with Crippen LogP contribution in [0.1, 0.15) is 50.5 Å². The molecule has 2 aromatic carbocycles. The van der Waals surface area contributed by atoms with Gasteiger partial charge in [-0.05, 0) is 29.8 Å². The Morgan fingerprint density at radius 2 is 2.00 bits per heavy atom. The maximum Gasteiger partial charge on any atom is 0.259 e. The maximum atomic E-state index is 14.1. The fourth-order valence-electron chi connectivity index (χ4n) is 4.80. The molecule has 2 heterocycles. The molecular weight excluding hydrogens is 438 g/mol. The zero-order valence-corrected chi connectivity index (χ0v) is 17.9. The summed E-state index contributed by atoms with van der Waals surface area (Å²) in [5, 5.41) is 8.30. The smallest absolute Gasteiger partial charge is 0.259 e. The van der Waals surface area contributed by atoms with E-state index in [9.17, 15) is 18.4 Å². The molecule has 1 fully saturated rings. The van der Waals surface area contributed by atoms with E-state index in [1.165, 1.54) is 12.1 Å². The number of carbonyl (C=O) groups excluding carboxylic acids is 2. The first kappa shape index (κ1) is 20.8. The van der Waals surface area contributed by atoms with Gasteiger partial charge in [0.25, 0.3) is 5.91 Å². The van der Waals surface area contributed by atoms with Gasteiger partial charge in [-0.1, -0.05) is 23.7 Å². The van der Waals surface area contributed by atoms with Crippen LogP contribution in [0.15, 0.2) is 42.7 Å². The summed E-state index contributed by atoms with van der Waals surface area (Å²) in [4.78, 5) is 25.8. The number of amides is 1. The van der Waals surface area contributed by atoms with E-state index in [-0.39, 0.29) is 25.3 Å². The molecule has 1 aliphatic heterocycles. The van der Waals surface area contributed by atoms with Gasteiger partial charge in [-0.3, -0.25) is 9.59 Å². The molecule has 0 spiro atoms. The van der Waals surface area contributed by atoms with Crippen molar-refractivity contribution in [3.63, 3.8) is 0 Å². The van der Waals surface area contributed by atoms with E-state index in [4.69, 9.17) is 11.6 Å². The first-order valence-electron chi connectivity index (χ1n) is 10.1. The molecule has 0 radical (unpaired) electrons. The summed E-state index contributed by atoms with van der Waals surface area (Å²) in [6.45, 7) is 0.252. The van der Waals surface area contributed by atoms with E-state index in [2.05, 4.69) is 10.2 Å². The predicted octanol–water partition coefficient (Wildman–Crippen LogP) is 4.35. The second kappa shape index (κ2) is 7.20. The van der Waals surface area contributed by atoms with Gasteiger partial charge in [-0.15, -0.1) is 10.2 Å². The van der Waals surface area contributed by atoms with Gasteiger partial charge in [0.15, 0.2) is 0 Å². The van der Waals surface area contributed by atoms with Crippen LogP contribution in [0.5, 0.6) is 0 Å². The molecule has 0 saturated heterocycles. The van der Waals surface area contributed by atoms with Gasteiger partial charge in [0.1, 0.15) is 18.4 Å². The third-order valence-corrected chi connectivity index (χ3v) is 6.75. The Morgan fingerprint density at radius 1 is 1.22 bits per heavy atom. The number of aryl methyl sites for hydroxylation is 1. The molecule has 1 aliphatic carbocycles. The summed E-state index contributed by atoms with van der Waals surface area (Å²) in [5.41, 5.74) is 1.90. The number of carbonyl (C=O) groups is 2. The highest BCUT2D eigenvalue weighted by Crippen LogP contribution is 2.55. The maximum absolute atomic E-state index is 14.1. The van der Waals surface area contributed by atoms with Crippen molar-refractivity contribution in [3.05, 3.63) is 75.8 Å². The number of alkyl halides is 2. The number of anilines is 1. The lowest BCUT2D eigenvalue weighted by Gasteiger charge is -2.48. The molecule has 0 atom stereocenters. The highest BCUT2D eigenvalue weighted by Gasteiger charge is 2.57. The van der Waals surface area contributed by atoms with Crippen molar-refractivity contribution in [1.82, 2.24) is 14.8 Å². The van der Waals surface area contributed by atoms with Crippen LogP contribution in [0.4, 0.5) is 14.5 Å². The predicted molar refractivity (Wildman–Crippen MR) is 114 cm³/mol. The molecule has 3 aromatic rings. The van der Waals surface area contributed by atoms with Gasteiger partial charge >= 0.3 is 0 Å². The molecule has 6 nitrogen and oxygen atoms in total. The number of benzene rings is 2. The molecule has 5 rings (SSSR count). The van der Waals surface area contributed by atoms with E-state index in [0.29, 0.717) is 45.9 Å². The van der Waals surface area contributed by atoms with Gasteiger partial charge < -0.3 is 9.47 Å². The zero-order valence-electron chi connectivity index (χ0n) is 17.2. The van der Waals surface area contributed by atoms with Gasteiger partial charge in [0.05, 0.1) is 6.54 Å². The van der Waals surface area contributed by atoms with Crippen LogP contribution in [0.2, 0.25) is 5.02 Å². The van der Waals surface area contributed by atoms with E-state index < -0.39 is 11.3 Å². The van der Waals surface area contributed by atoms with Crippen LogP contribution in [0, 0.1) is 0 Å². The topological polar surface area (TPSA) is 68.1 Å². The van der Waals surface area contributed by atoms with E-state index in [0.717, 1.165) is 5.56 Å². The van der Waals surface area contributed by atoms with Gasteiger partial charge in [0.2, 0.25) is 5.92 Å². The Morgan fingerprint density at radius 3 is 2.66 bits per heavy atom. The van der Waals surface area contributed by atoms with E-state index in [1.807, 2.05) is 6.07 Å². The summed E-state index contributed by atoms with van der Waals surface area (Å²) < 4.78 is 29.8. The molecule has 9 heteroatoms. The van der Waals surface area contributed by atoms with Crippen LogP contribution in [-0.4, -0.2) is 32.9 Å². The van der Waals surface area contributed by atoms with Crippen molar-refractivity contribution in [2.45, 2.75) is 37.1 Å². The number of aldehydes is 1. The lowest BCUT2D eigenvalue weighted by atomic mass is 9.60. The summed E-state index contributed by atoms with van der Waals surface area (Å²) in [7, 11) is 1.79. The quantitative estimate of drug-likeness (QED) is 0.535. The molecule has 2 aliphatic rings. The number of fused-ring (bicyclic) bond motifs is 1. The molecule has 0 unspecified atom stereocenters. The normalized spacial score (nSPS) is 18.4. The van der Waals surface area contributed by atoms with Crippen molar-refractivity contribution in [1.29, 1.82) is 0 Å². The van der Waals surface area contributed by atoms with Crippen molar-refractivity contribution in [3.8, 4) is 0 Å². The summed E-state index contributed by atoms with van der Waals surface area (Å²) in [6.07, 6.45) is 1.94. The molecule has 164 valence electrons. The Kier molecular flexibility index (Phi) is 4.67. The Bertz CT molecular complexity index is 1250. The van der Waals surface area contributed by atoms with Gasteiger partial charge in [-0.25, -0.2) is 8.78 Å². The van der Waals surface area contributed by atoms with Crippen molar-refractivity contribution in [2.24, 2.45) is 7.05 Å². The van der Waals surface area contributed by atoms with Crippen molar-refractivity contribution < 1.29 is 18.4 Å². The minimum Gasteiger partial charge on any atom is -0.321 e. The molecule has 1 saturated carbocycles. The fraction of sp³-hybridized carbons (Fsp3) is 0.304. The summed E-state index contributed by atoms with van der Waals surface area (Å²) in [5.74, 6) is -2.39. The first-order valence-corrected chi connectivity index (χ1v) is 10.5. The highest BCUT2D eigenvalue weighted by molar-refractivity contribution is 6.33. The largest absolute Gasteiger partial charge is 0.321 e. The van der Waals surface area contributed by atoms with Crippen molar-refractivity contribution in [2.75, 3.05) is 4.90 Å². The number of aromatic nitrogens is 3. The average molecular weight is 457 g/mol. The third-order valence-electron chi connectivity index (χ3n) is 6.41. The van der Waals surface area contributed by atoms with Crippen LogP contribution in [0.3, 0.4) is 0 Å². The lowest BCUT2D eigenvalue weighted by Crippen LogP contribution is -2.51. The molecule has 1 amide bonds. The summed E-state index contributed by atoms with van der Waals surface area (Å²) in [6, 6.07) is 10.2. The Labute approximate surface area is 187 Å². The number of halogens is 3.